The van der Waals surface area contributed by atoms with E-state index in [1.807, 2.05) is 13.8 Å². The Kier molecular flexibility index (Phi) is 4.74. The first-order valence-corrected chi connectivity index (χ1v) is 6.86. The van der Waals surface area contributed by atoms with E-state index in [2.05, 4.69) is 4.74 Å². The van der Waals surface area contributed by atoms with E-state index in [1.165, 1.54) is 18.2 Å². The smallest absolute Gasteiger partial charge is 0.407 e. The summed E-state index contributed by atoms with van der Waals surface area (Å²) in [5.41, 5.74) is 6.15. The van der Waals surface area contributed by atoms with Crippen LogP contribution in [0, 0.1) is 5.41 Å². The van der Waals surface area contributed by atoms with Gasteiger partial charge in [0, 0.05) is 37.0 Å². The number of methoxy groups -OCH3 is 1. The van der Waals surface area contributed by atoms with Gasteiger partial charge < -0.3 is 19.8 Å². The standard InChI is InChI=1S/C14H19BF3NO3/c1-13(2)7-21-15(22-8-13)9-4-5-10(11(19)6-9)12(20-3)14(16,17)18/h4-6,12H,7-8,19H2,1-3H3. The van der Waals surface area contributed by atoms with Crippen LogP contribution in [0.25, 0.3) is 0 Å². The van der Waals surface area contributed by atoms with Crippen molar-refractivity contribution in [2.24, 2.45) is 5.41 Å². The zero-order valence-corrected chi connectivity index (χ0v) is 12.7. The maximum atomic E-state index is 12.9. The number of anilines is 1. The van der Waals surface area contributed by atoms with Gasteiger partial charge >= 0.3 is 13.3 Å². The van der Waals surface area contributed by atoms with Gasteiger partial charge in [0.1, 0.15) is 0 Å². The molecule has 1 saturated heterocycles. The summed E-state index contributed by atoms with van der Waals surface area (Å²) in [5.74, 6) is 0. The average molecular weight is 317 g/mol. The van der Waals surface area contributed by atoms with Gasteiger partial charge in [-0.25, -0.2) is 0 Å². The summed E-state index contributed by atoms with van der Waals surface area (Å²) in [6, 6.07) is 4.27. The van der Waals surface area contributed by atoms with Crippen molar-refractivity contribution in [3.05, 3.63) is 23.8 Å². The predicted octanol–water partition coefficient (Wildman–Crippen LogP) is 2.29. The molecule has 0 amide bonds. The van der Waals surface area contributed by atoms with E-state index in [9.17, 15) is 13.2 Å². The van der Waals surface area contributed by atoms with E-state index in [0.717, 1.165) is 7.11 Å². The number of halogens is 3. The minimum Gasteiger partial charge on any atom is -0.407 e. The summed E-state index contributed by atoms with van der Waals surface area (Å²) in [6.45, 7) is 5.02. The average Bonchev–Trinajstić information content (AvgIpc) is 2.40. The third-order valence-electron chi connectivity index (χ3n) is 3.45. The number of benzene rings is 1. The molecule has 1 aliphatic heterocycles. The predicted molar refractivity (Wildman–Crippen MR) is 77.7 cm³/mol. The van der Waals surface area contributed by atoms with Crippen LogP contribution in [0.4, 0.5) is 18.9 Å². The van der Waals surface area contributed by atoms with Gasteiger partial charge in [0.25, 0.3) is 0 Å². The van der Waals surface area contributed by atoms with Crippen molar-refractivity contribution < 1.29 is 27.2 Å². The topological polar surface area (TPSA) is 53.7 Å². The molecule has 1 atom stereocenters. The Balaban J connectivity index is 2.20. The van der Waals surface area contributed by atoms with Crippen LogP contribution in [0.1, 0.15) is 25.5 Å². The molecule has 1 aliphatic rings. The molecule has 1 aromatic rings. The molecule has 0 spiro atoms. The fraction of sp³-hybridized carbons (Fsp3) is 0.571. The maximum Gasteiger partial charge on any atom is 0.493 e. The second kappa shape index (κ2) is 6.10. The third-order valence-corrected chi connectivity index (χ3v) is 3.45. The van der Waals surface area contributed by atoms with Crippen LogP contribution in [0.2, 0.25) is 0 Å². The Labute approximate surface area is 127 Å². The number of ether oxygens (including phenoxy) is 1. The van der Waals surface area contributed by atoms with Crippen molar-refractivity contribution in [3.63, 3.8) is 0 Å². The van der Waals surface area contributed by atoms with Gasteiger partial charge in [-0.3, -0.25) is 0 Å². The van der Waals surface area contributed by atoms with E-state index >= 15 is 0 Å². The van der Waals surface area contributed by atoms with Crippen LogP contribution >= 0.6 is 0 Å². The summed E-state index contributed by atoms with van der Waals surface area (Å²) >= 11 is 0. The van der Waals surface area contributed by atoms with Gasteiger partial charge in [-0.05, 0) is 11.5 Å². The van der Waals surface area contributed by atoms with E-state index in [-0.39, 0.29) is 16.7 Å². The number of nitrogen functional groups attached to an aromatic ring is 1. The van der Waals surface area contributed by atoms with E-state index < -0.39 is 19.4 Å². The Bertz CT molecular complexity index is 527. The Morgan fingerprint density at radius 1 is 1.27 bits per heavy atom. The highest BCUT2D eigenvalue weighted by Gasteiger charge is 2.42. The van der Waals surface area contributed by atoms with Gasteiger partial charge in [0.2, 0.25) is 0 Å². The van der Waals surface area contributed by atoms with Crippen LogP contribution in [0.15, 0.2) is 18.2 Å². The maximum absolute atomic E-state index is 12.9. The summed E-state index contributed by atoms with van der Waals surface area (Å²) in [4.78, 5) is 0. The van der Waals surface area contributed by atoms with Crippen molar-refractivity contribution >= 4 is 18.3 Å². The van der Waals surface area contributed by atoms with Gasteiger partial charge in [-0.15, -0.1) is 0 Å². The molecule has 8 heteroatoms. The molecular formula is C14H19BF3NO3. The first kappa shape index (κ1) is 17.1. The summed E-state index contributed by atoms with van der Waals surface area (Å²) in [6.07, 6.45) is -6.57. The molecule has 0 saturated carbocycles. The first-order chi connectivity index (χ1) is 10.1. The fourth-order valence-electron chi connectivity index (χ4n) is 2.30. The number of hydrogen-bond acceptors (Lipinski definition) is 4. The van der Waals surface area contributed by atoms with Gasteiger partial charge in [-0.2, -0.15) is 13.2 Å². The molecule has 122 valence electrons. The zero-order valence-electron chi connectivity index (χ0n) is 12.7. The minimum atomic E-state index is -4.52. The summed E-state index contributed by atoms with van der Waals surface area (Å²) in [7, 11) is 0.386. The molecular weight excluding hydrogens is 298 g/mol. The van der Waals surface area contributed by atoms with Crippen molar-refractivity contribution in [2.75, 3.05) is 26.1 Å². The van der Waals surface area contributed by atoms with E-state index in [0.29, 0.717) is 18.7 Å². The fourth-order valence-corrected chi connectivity index (χ4v) is 2.30. The molecule has 0 radical (unpaired) electrons. The summed E-state index contributed by atoms with van der Waals surface area (Å²) < 4.78 is 54.4. The van der Waals surface area contributed by atoms with Crippen LogP contribution in [-0.2, 0) is 14.0 Å². The van der Waals surface area contributed by atoms with Gasteiger partial charge in [-0.1, -0.05) is 26.0 Å². The minimum absolute atomic E-state index is 0.00120. The molecule has 0 bridgehead atoms. The molecule has 1 aromatic carbocycles. The van der Waals surface area contributed by atoms with Crippen LogP contribution in [-0.4, -0.2) is 33.6 Å². The Morgan fingerprint density at radius 2 is 1.86 bits per heavy atom. The highest BCUT2D eigenvalue weighted by atomic mass is 19.4. The zero-order chi connectivity index (χ0) is 16.5. The molecule has 0 aromatic heterocycles. The molecule has 0 aliphatic carbocycles. The summed E-state index contributed by atoms with van der Waals surface area (Å²) in [5, 5.41) is 0. The van der Waals surface area contributed by atoms with Gasteiger partial charge in [0.15, 0.2) is 6.10 Å². The second-order valence-electron chi connectivity index (χ2n) is 6.16. The van der Waals surface area contributed by atoms with Gasteiger partial charge in [0.05, 0.1) is 0 Å². The second-order valence-corrected chi connectivity index (χ2v) is 6.16. The van der Waals surface area contributed by atoms with Crippen LogP contribution in [0.5, 0.6) is 0 Å². The van der Waals surface area contributed by atoms with Crippen molar-refractivity contribution in [3.8, 4) is 0 Å². The highest BCUT2D eigenvalue weighted by Crippen LogP contribution is 2.37. The SMILES string of the molecule is COC(c1ccc(B2OCC(C)(C)CO2)cc1N)C(F)(F)F. The number of rotatable bonds is 3. The lowest BCUT2D eigenvalue weighted by atomic mass is 9.75. The number of nitrogens with two attached hydrogens (primary N) is 1. The largest absolute Gasteiger partial charge is 0.493 e. The number of hydrogen-bond donors (Lipinski definition) is 1. The lowest BCUT2D eigenvalue weighted by molar-refractivity contribution is -0.215. The van der Waals surface area contributed by atoms with Crippen LogP contribution < -0.4 is 11.2 Å². The Hall–Kier alpha value is -1.25. The quantitative estimate of drug-likeness (QED) is 0.686. The molecule has 22 heavy (non-hydrogen) atoms. The molecule has 2 rings (SSSR count). The van der Waals surface area contributed by atoms with Crippen LogP contribution in [0.3, 0.4) is 0 Å². The first-order valence-electron chi connectivity index (χ1n) is 6.86. The Morgan fingerprint density at radius 3 is 2.32 bits per heavy atom. The monoisotopic (exact) mass is 317 g/mol. The third kappa shape index (κ3) is 3.74. The lowest BCUT2D eigenvalue weighted by Crippen LogP contribution is -2.47. The molecule has 4 nitrogen and oxygen atoms in total. The molecule has 1 unspecified atom stereocenters. The van der Waals surface area contributed by atoms with E-state index in [4.69, 9.17) is 15.0 Å². The molecule has 2 N–H and O–H groups in total. The molecule has 1 fully saturated rings. The lowest BCUT2D eigenvalue weighted by Gasteiger charge is -2.33. The van der Waals surface area contributed by atoms with Crippen molar-refractivity contribution in [1.82, 2.24) is 0 Å². The van der Waals surface area contributed by atoms with E-state index in [1.54, 1.807) is 0 Å². The normalized spacial score (nSPS) is 20.0. The van der Waals surface area contributed by atoms with Crippen molar-refractivity contribution in [2.45, 2.75) is 26.1 Å². The van der Waals surface area contributed by atoms with Crippen molar-refractivity contribution in [1.29, 1.82) is 0 Å². The molecule has 1 heterocycles. The number of alkyl halides is 3. The highest BCUT2D eigenvalue weighted by molar-refractivity contribution is 6.61.